The summed E-state index contributed by atoms with van der Waals surface area (Å²) in [6.45, 7) is 3.62. The Balaban J connectivity index is 1.71. The summed E-state index contributed by atoms with van der Waals surface area (Å²) < 4.78 is 40.4. The second-order valence-electron chi connectivity index (χ2n) is 8.06. The molecule has 10 heteroatoms. The number of sulfonamides is 1. The monoisotopic (exact) mass is 489 g/mol. The summed E-state index contributed by atoms with van der Waals surface area (Å²) in [7, 11) is -3.96. The third-order valence-corrected chi connectivity index (χ3v) is 7.52. The summed E-state index contributed by atoms with van der Waals surface area (Å²) >= 11 is 0. The molecule has 0 bridgehead atoms. The van der Waals surface area contributed by atoms with Crippen molar-refractivity contribution in [3.05, 3.63) is 65.5 Å². The molecule has 0 spiro atoms. The van der Waals surface area contributed by atoms with E-state index in [1.807, 2.05) is 6.92 Å². The Morgan fingerprint density at radius 2 is 1.79 bits per heavy atom. The molecule has 0 saturated carbocycles. The number of carbonyl (C=O) groups excluding carboxylic acids is 3. The van der Waals surface area contributed by atoms with E-state index in [-0.39, 0.29) is 47.9 Å². The minimum absolute atomic E-state index is 0.0475. The van der Waals surface area contributed by atoms with E-state index in [1.165, 1.54) is 29.2 Å². The van der Waals surface area contributed by atoms with E-state index in [9.17, 15) is 27.2 Å². The quantitative estimate of drug-likeness (QED) is 0.553. The van der Waals surface area contributed by atoms with Gasteiger partial charge in [-0.25, -0.2) is 17.1 Å². The third kappa shape index (κ3) is 5.27. The molecule has 34 heavy (non-hydrogen) atoms. The van der Waals surface area contributed by atoms with Gasteiger partial charge in [0.2, 0.25) is 11.8 Å². The van der Waals surface area contributed by atoms with Gasteiger partial charge < -0.3 is 10.2 Å². The van der Waals surface area contributed by atoms with Crippen molar-refractivity contribution in [3.8, 4) is 0 Å². The summed E-state index contributed by atoms with van der Waals surface area (Å²) in [5.41, 5.74) is 0.370. The van der Waals surface area contributed by atoms with Crippen LogP contribution in [0.1, 0.15) is 49.0 Å². The Bertz CT molecular complexity index is 1180. The lowest BCUT2D eigenvalue weighted by Gasteiger charge is -2.29. The molecule has 0 radical (unpaired) electrons. The normalized spacial score (nSPS) is 15.0. The summed E-state index contributed by atoms with van der Waals surface area (Å²) in [6.07, 6.45) is 0.671. The number of carbonyl (C=O) groups is 3. The van der Waals surface area contributed by atoms with Gasteiger partial charge in [0.1, 0.15) is 16.8 Å². The lowest BCUT2D eigenvalue weighted by molar-refractivity contribution is -0.140. The maximum absolute atomic E-state index is 14.2. The zero-order chi connectivity index (χ0) is 24.9. The number of halogens is 1. The van der Waals surface area contributed by atoms with Crippen molar-refractivity contribution in [1.82, 2.24) is 14.5 Å². The fraction of sp³-hybridized carbons (Fsp3) is 0.375. The van der Waals surface area contributed by atoms with Crippen LogP contribution in [0.15, 0.2) is 53.4 Å². The van der Waals surface area contributed by atoms with Crippen LogP contribution < -0.4 is 5.32 Å². The molecule has 1 aliphatic heterocycles. The first kappa shape index (κ1) is 25.4. The number of nitrogens with zero attached hydrogens (tertiary/aromatic N) is 2. The molecular weight excluding hydrogens is 461 g/mol. The molecular formula is C24H28FN3O5S. The van der Waals surface area contributed by atoms with Crippen LogP contribution in [0.5, 0.6) is 0 Å². The zero-order valence-corrected chi connectivity index (χ0v) is 20.0. The number of nitrogens with one attached hydrogen (secondary N) is 1. The van der Waals surface area contributed by atoms with E-state index in [0.717, 1.165) is 10.7 Å². The molecule has 0 saturated heterocycles. The van der Waals surface area contributed by atoms with Crippen molar-refractivity contribution in [2.24, 2.45) is 0 Å². The summed E-state index contributed by atoms with van der Waals surface area (Å²) in [5.74, 6) is -1.92. The molecule has 2 aromatic carbocycles. The Kier molecular flexibility index (Phi) is 8.03. The van der Waals surface area contributed by atoms with E-state index < -0.39 is 33.7 Å². The van der Waals surface area contributed by atoms with Gasteiger partial charge in [-0.1, -0.05) is 37.3 Å². The average molecular weight is 490 g/mol. The van der Waals surface area contributed by atoms with Crippen LogP contribution in [0.2, 0.25) is 0 Å². The Labute approximate surface area is 198 Å². The van der Waals surface area contributed by atoms with Gasteiger partial charge in [0.05, 0.1) is 5.56 Å². The number of rotatable bonds is 10. The Morgan fingerprint density at radius 3 is 2.47 bits per heavy atom. The van der Waals surface area contributed by atoms with E-state index in [1.54, 1.807) is 31.2 Å². The predicted octanol–water partition coefficient (Wildman–Crippen LogP) is 2.69. The number of hydrogen-bond acceptors (Lipinski definition) is 5. The van der Waals surface area contributed by atoms with Gasteiger partial charge >= 0.3 is 0 Å². The fourth-order valence-electron chi connectivity index (χ4n) is 3.76. The van der Waals surface area contributed by atoms with Gasteiger partial charge in [0.15, 0.2) is 0 Å². The number of fused-ring (bicyclic) bond motifs is 1. The van der Waals surface area contributed by atoms with Crippen LogP contribution in [-0.2, 0) is 26.2 Å². The van der Waals surface area contributed by atoms with Gasteiger partial charge in [-0.2, -0.15) is 0 Å². The maximum atomic E-state index is 14.2. The van der Waals surface area contributed by atoms with Crippen molar-refractivity contribution in [3.63, 3.8) is 0 Å². The highest BCUT2D eigenvalue weighted by molar-refractivity contribution is 7.90. The van der Waals surface area contributed by atoms with Crippen molar-refractivity contribution in [2.75, 3.05) is 13.1 Å². The largest absolute Gasteiger partial charge is 0.354 e. The molecule has 1 atom stereocenters. The SMILES string of the molecule is CCCNC(=O)[C@H](C)N(Cc1ccccc1F)C(=O)CCCN1C(=O)c2ccccc2S1(=O)=O. The molecule has 0 aliphatic carbocycles. The highest BCUT2D eigenvalue weighted by Crippen LogP contribution is 2.30. The minimum atomic E-state index is -3.96. The van der Waals surface area contributed by atoms with Crippen LogP contribution >= 0.6 is 0 Å². The minimum Gasteiger partial charge on any atom is -0.354 e. The molecule has 3 amide bonds. The highest BCUT2D eigenvalue weighted by Gasteiger charge is 2.40. The summed E-state index contributed by atoms with van der Waals surface area (Å²) in [5, 5.41) is 2.74. The van der Waals surface area contributed by atoms with Gasteiger partial charge in [-0.3, -0.25) is 14.4 Å². The van der Waals surface area contributed by atoms with Gasteiger partial charge in [-0.15, -0.1) is 0 Å². The van der Waals surface area contributed by atoms with E-state index >= 15 is 0 Å². The van der Waals surface area contributed by atoms with Crippen molar-refractivity contribution >= 4 is 27.7 Å². The lowest BCUT2D eigenvalue weighted by atomic mass is 10.1. The second kappa shape index (κ2) is 10.8. The maximum Gasteiger partial charge on any atom is 0.269 e. The van der Waals surface area contributed by atoms with Crippen LogP contribution in [0.3, 0.4) is 0 Å². The van der Waals surface area contributed by atoms with Crippen molar-refractivity contribution in [2.45, 2.75) is 50.6 Å². The molecule has 182 valence electrons. The van der Waals surface area contributed by atoms with Crippen molar-refractivity contribution in [1.29, 1.82) is 0 Å². The second-order valence-corrected chi connectivity index (χ2v) is 9.89. The van der Waals surface area contributed by atoms with Crippen LogP contribution in [-0.4, -0.2) is 54.5 Å². The van der Waals surface area contributed by atoms with Crippen LogP contribution in [0, 0.1) is 5.82 Å². The standard InChI is InChI=1S/C24H28FN3O5S/c1-3-14-26-23(30)17(2)27(16-18-9-4-6-11-20(18)25)22(29)13-8-15-28-24(31)19-10-5-7-12-21(19)34(28,32)33/h4-7,9-12,17H,3,8,13-16H2,1-2H3,(H,26,30)/t17-/m0/s1. The average Bonchev–Trinajstić information content (AvgIpc) is 3.02. The lowest BCUT2D eigenvalue weighted by Crippen LogP contribution is -2.48. The Morgan fingerprint density at radius 1 is 1.12 bits per heavy atom. The molecule has 1 heterocycles. The number of amides is 3. The fourth-order valence-corrected chi connectivity index (χ4v) is 5.37. The zero-order valence-electron chi connectivity index (χ0n) is 19.2. The Hall–Kier alpha value is -3.27. The smallest absolute Gasteiger partial charge is 0.269 e. The van der Waals surface area contributed by atoms with Crippen LogP contribution in [0.4, 0.5) is 4.39 Å². The molecule has 1 N–H and O–H groups in total. The van der Waals surface area contributed by atoms with Crippen molar-refractivity contribution < 1.29 is 27.2 Å². The van der Waals surface area contributed by atoms with E-state index in [2.05, 4.69) is 5.32 Å². The first-order valence-electron chi connectivity index (χ1n) is 11.1. The first-order chi connectivity index (χ1) is 16.2. The number of hydrogen-bond donors (Lipinski definition) is 1. The molecule has 0 aromatic heterocycles. The number of benzene rings is 2. The van der Waals surface area contributed by atoms with Crippen LogP contribution in [0.25, 0.3) is 0 Å². The van der Waals surface area contributed by atoms with Gasteiger partial charge in [0.25, 0.3) is 15.9 Å². The van der Waals surface area contributed by atoms with E-state index in [0.29, 0.717) is 6.54 Å². The summed E-state index contributed by atoms with van der Waals surface area (Å²) in [4.78, 5) is 39.4. The predicted molar refractivity (Wildman–Crippen MR) is 124 cm³/mol. The third-order valence-electron chi connectivity index (χ3n) is 5.68. The van der Waals surface area contributed by atoms with E-state index in [4.69, 9.17) is 0 Å². The topological polar surface area (TPSA) is 104 Å². The molecule has 3 rings (SSSR count). The molecule has 8 nitrogen and oxygen atoms in total. The molecule has 0 fully saturated rings. The molecule has 0 unspecified atom stereocenters. The molecule has 1 aliphatic rings. The highest BCUT2D eigenvalue weighted by atomic mass is 32.2. The first-order valence-corrected chi connectivity index (χ1v) is 12.6. The summed E-state index contributed by atoms with van der Waals surface area (Å²) in [6, 6.07) is 11.1. The van der Waals surface area contributed by atoms with Gasteiger partial charge in [-0.05, 0) is 38.0 Å². The molecule has 2 aromatic rings. The van der Waals surface area contributed by atoms with Gasteiger partial charge in [0, 0.05) is 31.6 Å².